The van der Waals surface area contributed by atoms with Crippen molar-refractivity contribution in [1.29, 1.82) is 5.26 Å². The Labute approximate surface area is 106 Å². The second kappa shape index (κ2) is 4.78. The SMILES string of the molecule is C[C@@H](C(=O)N1CCn2nc(C#N)cc2C1)N(C)C. The largest absolute Gasteiger partial charge is 0.334 e. The summed E-state index contributed by atoms with van der Waals surface area (Å²) in [6.45, 7) is 3.74. The zero-order chi connectivity index (χ0) is 13.3. The van der Waals surface area contributed by atoms with E-state index in [0.717, 1.165) is 5.69 Å². The Hall–Kier alpha value is -1.87. The third-order valence-electron chi connectivity index (χ3n) is 3.36. The van der Waals surface area contributed by atoms with E-state index in [4.69, 9.17) is 5.26 Å². The quantitative estimate of drug-likeness (QED) is 0.740. The van der Waals surface area contributed by atoms with Crippen LogP contribution in [-0.4, -0.2) is 52.2 Å². The van der Waals surface area contributed by atoms with E-state index < -0.39 is 0 Å². The Balaban J connectivity index is 2.12. The minimum absolute atomic E-state index is 0.117. The van der Waals surface area contributed by atoms with E-state index in [2.05, 4.69) is 5.10 Å². The summed E-state index contributed by atoms with van der Waals surface area (Å²) >= 11 is 0. The number of hydrogen-bond acceptors (Lipinski definition) is 4. The molecule has 0 bridgehead atoms. The standard InChI is InChI=1S/C12H17N5O/c1-9(15(2)3)12(18)16-4-5-17-11(8-16)6-10(7-13)14-17/h6,9H,4-5,8H2,1-3H3/t9-/m0/s1. The highest BCUT2D eigenvalue weighted by Gasteiger charge is 2.26. The minimum Gasteiger partial charge on any atom is -0.334 e. The molecule has 18 heavy (non-hydrogen) atoms. The number of likely N-dealkylation sites (N-methyl/N-ethyl adjacent to an activating group) is 1. The van der Waals surface area contributed by atoms with Crippen LogP contribution in [0.3, 0.4) is 0 Å². The Morgan fingerprint density at radius 2 is 2.28 bits per heavy atom. The highest BCUT2D eigenvalue weighted by molar-refractivity contribution is 5.81. The van der Waals surface area contributed by atoms with Crippen LogP contribution in [0.2, 0.25) is 0 Å². The highest BCUT2D eigenvalue weighted by Crippen LogP contribution is 2.15. The number of carbonyl (C=O) groups is 1. The van der Waals surface area contributed by atoms with E-state index >= 15 is 0 Å². The molecular weight excluding hydrogens is 230 g/mol. The van der Waals surface area contributed by atoms with Gasteiger partial charge in [-0.3, -0.25) is 14.4 Å². The molecule has 0 saturated heterocycles. The summed E-state index contributed by atoms with van der Waals surface area (Å²) in [4.78, 5) is 15.9. The number of rotatable bonds is 2. The number of nitriles is 1. The molecule has 0 N–H and O–H groups in total. The van der Waals surface area contributed by atoms with Crippen molar-refractivity contribution in [1.82, 2.24) is 19.6 Å². The van der Waals surface area contributed by atoms with Crippen molar-refractivity contribution >= 4 is 5.91 Å². The lowest BCUT2D eigenvalue weighted by Crippen LogP contribution is -2.47. The minimum atomic E-state index is -0.130. The van der Waals surface area contributed by atoms with E-state index in [1.165, 1.54) is 0 Å². The molecule has 0 aliphatic carbocycles. The molecule has 1 aliphatic rings. The van der Waals surface area contributed by atoms with Crippen LogP contribution in [-0.2, 0) is 17.9 Å². The van der Waals surface area contributed by atoms with Crippen LogP contribution in [0.25, 0.3) is 0 Å². The van der Waals surface area contributed by atoms with Crippen LogP contribution < -0.4 is 0 Å². The smallest absolute Gasteiger partial charge is 0.240 e. The van der Waals surface area contributed by atoms with E-state index in [9.17, 15) is 4.79 Å². The lowest BCUT2D eigenvalue weighted by molar-refractivity contribution is -0.137. The molecule has 0 aromatic carbocycles. The fraction of sp³-hybridized carbons (Fsp3) is 0.583. The van der Waals surface area contributed by atoms with Gasteiger partial charge in [-0.05, 0) is 27.1 Å². The second-order valence-electron chi connectivity index (χ2n) is 4.76. The lowest BCUT2D eigenvalue weighted by atomic mass is 10.2. The number of carbonyl (C=O) groups excluding carboxylic acids is 1. The molecule has 1 aromatic rings. The Morgan fingerprint density at radius 3 is 2.89 bits per heavy atom. The van der Waals surface area contributed by atoms with Gasteiger partial charge in [0, 0.05) is 6.54 Å². The molecule has 6 heteroatoms. The average Bonchev–Trinajstić information content (AvgIpc) is 2.78. The van der Waals surface area contributed by atoms with Crippen molar-refractivity contribution < 1.29 is 4.79 Å². The predicted octanol–water partition coefficient (Wildman–Crippen LogP) is 0.0471. The maximum atomic E-state index is 12.2. The molecule has 1 aromatic heterocycles. The number of hydrogen-bond donors (Lipinski definition) is 0. The van der Waals surface area contributed by atoms with Gasteiger partial charge in [0.1, 0.15) is 6.07 Å². The summed E-state index contributed by atoms with van der Waals surface area (Å²) < 4.78 is 1.81. The number of aromatic nitrogens is 2. The summed E-state index contributed by atoms with van der Waals surface area (Å²) in [5.41, 5.74) is 1.34. The summed E-state index contributed by atoms with van der Waals surface area (Å²) in [6, 6.07) is 3.65. The number of amides is 1. The van der Waals surface area contributed by atoms with Crippen molar-refractivity contribution in [2.75, 3.05) is 20.6 Å². The zero-order valence-electron chi connectivity index (χ0n) is 10.9. The normalized spacial score (nSPS) is 16.3. The van der Waals surface area contributed by atoms with E-state index in [1.807, 2.05) is 41.6 Å². The summed E-state index contributed by atoms with van der Waals surface area (Å²) in [7, 11) is 3.79. The molecule has 2 heterocycles. The van der Waals surface area contributed by atoms with E-state index in [0.29, 0.717) is 25.3 Å². The lowest BCUT2D eigenvalue weighted by Gasteiger charge is -2.31. The molecule has 0 fully saturated rings. The van der Waals surface area contributed by atoms with Gasteiger partial charge in [0.2, 0.25) is 5.91 Å². The Bertz CT molecular complexity index is 499. The van der Waals surface area contributed by atoms with Crippen LogP contribution in [0, 0.1) is 11.3 Å². The fourth-order valence-corrected chi connectivity index (χ4v) is 1.99. The van der Waals surface area contributed by atoms with Crippen LogP contribution in [0.4, 0.5) is 0 Å². The van der Waals surface area contributed by atoms with Gasteiger partial charge in [0.25, 0.3) is 0 Å². The first kappa shape index (κ1) is 12.6. The molecule has 6 nitrogen and oxygen atoms in total. The summed E-state index contributed by atoms with van der Waals surface area (Å²) in [5.74, 6) is 0.117. The third-order valence-corrected chi connectivity index (χ3v) is 3.36. The van der Waals surface area contributed by atoms with Crippen LogP contribution in [0.1, 0.15) is 18.3 Å². The fourth-order valence-electron chi connectivity index (χ4n) is 1.99. The molecule has 0 unspecified atom stereocenters. The van der Waals surface area contributed by atoms with Gasteiger partial charge in [-0.1, -0.05) is 0 Å². The molecule has 1 aliphatic heterocycles. The van der Waals surface area contributed by atoms with Gasteiger partial charge in [-0.15, -0.1) is 0 Å². The van der Waals surface area contributed by atoms with Gasteiger partial charge >= 0.3 is 0 Å². The molecule has 0 spiro atoms. The van der Waals surface area contributed by atoms with E-state index in [1.54, 1.807) is 6.07 Å². The van der Waals surface area contributed by atoms with Crippen molar-refractivity contribution in [3.63, 3.8) is 0 Å². The summed E-state index contributed by atoms with van der Waals surface area (Å²) in [5, 5.41) is 13.0. The van der Waals surface area contributed by atoms with Crippen molar-refractivity contribution in [3.8, 4) is 6.07 Å². The predicted molar refractivity (Wildman–Crippen MR) is 65.5 cm³/mol. The van der Waals surface area contributed by atoms with Crippen LogP contribution in [0.5, 0.6) is 0 Å². The topological polar surface area (TPSA) is 65.2 Å². The molecule has 1 amide bonds. The maximum absolute atomic E-state index is 12.2. The van der Waals surface area contributed by atoms with Gasteiger partial charge in [0.05, 0.1) is 24.8 Å². The number of fused-ring (bicyclic) bond motifs is 1. The van der Waals surface area contributed by atoms with Gasteiger partial charge in [0.15, 0.2) is 5.69 Å². The van der Waals surface area contributed by atoms with Gasteiger partial charge in [-0.2, -0.15) is 10.4 Å². The molecule has 2 rings (SSSR count). The second-order valence-corrected chi connectivity index (χ2v) is 4.76. The Kier molecular flexibility index (Phi) is 3.34. The molecule has 0 radical (unpaired) electrons. The van der Waals surface area contributed by atoms with Crippen molar-refractivity contribution in [3.05, 3.63) is 17.5 Å². The zero-order valence-corrected chi connectivity index (χ0v) is 10.9. The number of nitrogens with zero attached hydrogens (tertiary/aromatic N) is 5. The summed E-state index contributed by atoms with van der Waals surface area (Å²) in [6.07, 6.45) is 0. The van der Waals surface area contributed by atoms with Crippen LogP contribution in [0.15, 0.2) is 6.07 Å². The third kappa shape index (κ3) is 2.22. The molecule has 1 atom stereocenters. The molecule has 0 saturated carbocycles. The van der Waals surface area contributed by atoms with E-state index in [-0.39, 0.29) is 11.9 Å². The maximum Gasteiger partial charge on any atom is 0.240 e. The van der Waals surface area contributed by atoms with Gasteiger partial charge in [-0.25, -0.2) is 0 Å². The monoisotopic (exact) mass is 247 g/mol. The molecular formula is C12H17N5O. The Morgan fingerprint density at radius 1 is 1.56 bits per heavy atom. The highest BCUT2D eigenvalue weighted by atomic mass is 16.2. The average molecular weight is 247 g/mol. The first-order valence-electron chi connectivity index (χ1n) is 5.95. The van der Waals surface area contributed by atoms with Gasteiger partial charge < -0.3 is 4.90 Å². The van der Waals surface area contributed by atoms with Crippen molar-refractivity contribution in [2.45, 2.75) is 26.1 Å². The van der Waals surface area contributed by atoms with Crippen LogP contribution >= 0.6 is 0 Å². The first-order chi connectivity index (χ1) is 8.52. The first-order valence-corrected chi connectivity index (χ1v) is 5.95. The van der Waals surface area contributed by atoms with Crippen molar-refractivity contribution in [2.24, 2.45) is 0 Å². The molecule has 96 valence electrons.